The number of benzene rings is 2. The molecule has 184 valence electrons. The molecule has 2 aromatic rings. The molecule has 3 aliphatic heterocycles. The van der Waals surface area contributed by atoms with E-state index in [0.717, 1.165) is 33.0 Å². The van der Waals surface area contributed by atoms with E-state index in [4.69, 9.17) is 9.47 Å². The standard InChI is InChI=1S/C26H24N4O4S2/c1-33-19-7-3-17(4-8-19)15-21-23(31)27-25(35-21)29-11-13-30(14-12-29)26-28-24(32)22(36-26)16-18-5-9-20(34-2)10-6-18/h3-10,15-16H,11-14H2,1-2H3/b21-15-,22-16-. The summed E-state index contributed by atoms with van der Waals surface area (Å²) in [5.41, 5.74) is 1.85. The zero-order chi connectivity index (χ0) is 25.1. The van der Waals surface area contributed by atoms with E-state index in [2.05, 4.69) is 19.8 Å². The second-order valence-electron chi connectivity index (χ2n) is 8.14. The van der Waals surface area contributed by atoms with E-state index in [1.807, 2.05) is 60.7 Å². The summed E-state index contributed by atoms with van der Waals surface area (Å²) in [5.74, 6) is 1.10. The van der Waals surface area contributed by atoms with Crippen LogP contribution >= 0.6 is 23.5 Å². The minimum Gasteiger partial charge on any atom is -0.497 e. The molecule has 5 rings (SSSR count). The number of thioether (sulfide) groups is 2. The molecule has 0 spiro atoms. The summed E-state index contributed by atoms with van der Waals surface area (Å²) in [6.45, 7) is 2.78. The van der Waals surface area contributed by atoms with E-state index in [9.17, 15) is 9.59 Å². The molecule has 3 aliphatic rings. The van der Waals surface area contributed by atoms with Gasteiger partial charge in [-0.25, -0.2) is 0 Å². The van der Waals surface area contributed by atoms with Gasteiger partial charge in [0, 0.05) is 26.2 Å². The van der Waals surface area contributed by atoms with Gasteiger partial charge >= 0.3 is 0 Å². The zero-order valence-corrected chi connectivity index (χ0v) is 21.5. The normalized spacial score (nSPS) is 20.3. The Balaban J connectivity index is 1.17. The molecule has 2 amide bonds. The third-order valence-corrected chi connectivity index (χ3v) is 7.96. The maximum atomic E-state index is 12.5. The first-order valence-corrected chi connectivity index (χ1v) is 13.0. The Morgan fingerprint density at radius 1 is 0.667 bits per heavy atom. The Morgan fingerprint density at radius 3 is 1.36 bits per heavy atom. The first-order chi connectivity index (χ1) is 17.5. The van der Waals surface area contributed by atoms with E-state index in [1.165, 1.54) is 23.5 Å². The number of ether oxygens (including phenoxy) is 2. The highest BCUT2D eigenvalue weighted by Crippen LogP contribution is 2.33. The molecule has 0 saturated carbocycles. The molecule has 0 aromatic heterocycles. The number of aliphatic imine (C=N–C) groups is 2. The van der Waals surface area contributed by atoms with Crippen LogP contribution in [-0.4, -0.2) is 72.3 Å². The van der Waals surface area contributed by atoms with Crippen LogP contribution in [0.1, 0.15) is 11.1 Å². The molecule has 0 unspecified atom stereocenters. The predicted octanol–water partition coefficient (Wildman–Crippen LogP) is 3.96. The van der Waals surface area contributed by atoms with Crippen molar-refractivity contribution in [3.8, 4) is 11.5 Å². The smallest absolute Gasteiger partial charge is 0.286 e. The van der Waals surface area contributed by atoms with Crippen LogP contribution < -0.4 is 9.47 Å². The molecule has 0 aliphatic carbocycles. The summed E-state index contributed by atoms with van der Waals surface area (Å²) in [6, 6.07) is 15.1. The molecule has 1 saturated heterocycles. The van der Waals surface area contributed by atoms with Crippen molar-refractivity contribution in [3.05, 3.63) is 69.5 Å². The van der Waals surface area contributed by atoms with E-state index in [1.54, 1.807) is 14.2 Å². The molecule has 0 atom stereocenters. The molecule has 3 heterocycles. The summed E-state index contributed by atoms with van der Waals surface area (Å²) in [5, 5.41) is 1.44. The van der Waals surface area contributed by atoms with Crippen LogP contribution in [0.5, 0.6) is 11.5 Å². The molecule has 2 aromatic carbocycles. The maximum Gasteiger partial charge on any atom is 0.286 e. The molecule has 8 nitrogen and oxygen atoms in total. The lowest BCUT2D eigenvalue weighted by Gasteiger charge is -2.35. The number of hydrogen-bond donors (Lipinski definition) is 0. The minimum atomic E-state index is -0.220. The molecule has 0 N–H and O–H groups in total. The number of nitrogens with zero attached hydrogens (tertiary/aromatic N) is 4. The second-order valence-corrected chi connectivity index (χ2v) is 10.2. The molecule has 1 fully saturated rings. The highest BCUT2D eigenvalue weighted by atomic mass is 32.2. The van der Waals surface area contributed by atoms with Crippen molar-refractivity contribution in [2.24, 2.45) is 9.98 Å². The van der Waals surface area contributed by atoms with Gasteiger partial charge in [-0.1, -0.05) is 24.3 Å². The van der Waals surface area contributed by atoms with Crippen molar-refractivity contribution in [3.63, 3.8) is 0 Å². The fourth-order valence-electron chi connectivity index (χ4n) is 3.86. The fraction of sp³-hybridized carbons (Fsp3) is 0.231. The highest BCUT2D eigenvalue weighted by molar-refractivity contribution is 8.18. The largest absolute Gasteiger partial charge is 0.497 e. The zero-order valence-electron chi connectivity index (χ0n) is 19.8. The number of carbonyl (C=O) groups excluding carboxylic acids is 2. The SMILES string of the molecule is COc1ccc(/C=C2\SC(N3CCN(C4=NC(=O)/C(=C/c5ccc(OC)cc5)S4)CC3)=NC2=O)cc1. The summed E-state index contributed by atoms with van der Waals surface area (Å²) >= 11 is 2.80. The lowest BCUT2D eigenvalue weighted by molar-refractivity contribution is -0.114. The minimum absolute atomic E-state index is 0.220. The molecule has 36 heavy (non-hydrogen) atoms. The number of carbonyl (C=O) groups is 2. The Bertz CT molecular complexity index is 1190. The van der Waals surface area contributed by atoms with Gasteiger partial charge in [-0.05, 0) is 71.1 Å². The third kappa shape index (κ3) is 5.34. The van der Waals surface area contributed by atoms with Crippen LogP contribution in [0.25, 0.3) is 12.2 Å². The predicted molar refractivity (Wildman–Crippen MR) is 145 cm³/mol. The van der Waals surface area contributed by atoms with Crippen molar-refractivity contribution in [2.75, 3.05) is 40.4 Å². The number of amides is 2. The maximum absolute atomic E-state index is 12.5. The van der Waals surface area contributed by atoms with Crippen LogP contribution in [0.3, 0.4) is 0 Å². The molecular formula is C26H24N4O4S2. The van der Waals surface area contributed by atoms with E-state index in [0.29, 0.717) is 36.0 Å². The Hall–Kier alpha value is -3.50. The number of methoxy groups -OCH3 is 2. The number of rotatable bonds is 4. The first kappa shape index (κ1) is 24.2. The Kier molecular flexibility index (Phi) is 7.15. The monoisotopic (exact) mass is 520 g/mol. The van der Waals surface area contributed by atoms with Crippen molar-refractivity contribution >= 4 is 57.8 Å². The van der Waals surface area contributed by atoms with Crippen molar-refractivity contribution in [1.82, 2.24) is 9.80 Å². The molecule has 10 heteroatoms. The fourth-order valence-corrected chi connectivity index (χ4v) is 5.79. The number of piperazine rings is 1. The lowest BCUT2D eigenvalue weighted by Crippen LogP contribution is -2.49. The van der Waals surface area contributed by atoms with E-state index < -0.39 is 0 Å². The summed E-state index contributed by atoms with van der Waals surface area (Å²) in [6.07, 6.45) is 3.71. The van der Waals surface area contributed by atoms with Gasteiger partial charge in [0.2, 0.25) is 0 Å². The topological polar surface area (TPSA) is 83.8 Å². The van der Waals surface area contributed by atoms with E-state index in [-0.39, 0.29) is 11.8 Å². The van der Waals surface area contributed by atoms with Crippen molar-refractivity contribution in [1.29, 1.82) is 0 Å². The number of hydrogen-bond acceptors (Lipinski definition) is 8. The summed E-state index contributed by atoms with van der Waals surface area (Å²) in [7, 11) is 3.25. The quantitative estimate of drug-likeness (QED) is 0.561. The van der Waals surface area contributed by atoms with Gasteiger partial charge in [0.1, 0.15) is 11.5 Å². The number of amidine groups is 2. The van der Waals surface area contributed by atoms with Crippen LogP contribution in [0, 0.1) is 0 Å². The first-order valence-electron chi connectivity index (χ1n) is 11.4. The van der Waals surface area contributed by atoms with Gasteiger partial charge in [0.05, 0.1) is 24.0 Å². The third-order valence-electron chi connectivity index (χ3n) is 5.87. The second kappa shape index (κ2) is 10.6. The van der Waals surface area contributed by atoms with Crippen LogP contribution in [0.15, 0.2) is 68.3 Å². The van der Waals surface area contributed by atoms with Gasteiger partial charge in [0.25, 0.3) is 11.8 Å². The Labute approximate surface area is 217 Å². The van der Waals surface area contributed by atoms with Gasteiger partial charge in [-0.2, -0.15) is 9.98 Å². The molecular weight excluding hydrogens is 496 g/mol. The van der Waals surface area contributed by atoms with Gasteiger partial charge < -0.3 is 19.3 Å². The summed E-state index contributed by atoms with van der Waals surface area (Å²) < 4.78 is 10.4. The molecule has 0 bridgehead atoms. The van der Waals surface area contributed by atoms with Gasteiger partial charge in [-0.15, -0.1) is 0 Å². The van der Waals surface area contributed by atoms with Crippen LogP contribution in [0.4, 0.5) is 0 Å². The van der Waals surface area contributed by atoms with Gasteiger partial charge in [-0.3, -0.25) is 9.59 Å². The van der Waals surface area contributed by atoms with E-state index >= 15 is 0 Å². The van der Waals surface area contributed by atoms with Crippen LogP contribution in [0.2, 0.25) is 0 Å². The average Bonchev–Trinajstić information content (AvgIpc) is 3.47. The van der Waals surface area contributed by atoms with Crippen molar-refractivity contribution < 1.29 is 19.1 Å². The summed E-state index contributed by atoms with van der Waals surface area (Å²) in [4.78, 5) is 38.9. The molecule has 0 radical (unpaired) electrons. The Morgan fingerprint density at radius 2 is 1.03 bits per heavy atom. The lowest BCUT2D eigenvalue weighted by atomic mass is 10.2. The highest BCUT2D eigenvalue weighted by Gasteiger charge is 2.32. The van der Waals surface area contributed by atoms with Crippen molar-refractivity contribution in [2.45, 2.75) is 0 Å². The van der Waals surface area contributed by atoms with Gasteiger partial charge in [0.15, 0.2) is 10.3 Å². The van der Waals surface area contributed by atoms with Crippen LogP contribution in [-0.2, 0) is 9.59 Å². The average molecular weight is 521 g/mol.